The Labute approximate surface area is 180 Å². The molecule has 0 aliphatic carbocycles. The van der Waals surface area contributed by atoms with E-state index in [0.717, 1.165) is 22.5 Å². The molecule has 1 unspecified atom stereocenters. The van der Waals surface area contributed by atoms with Crippen LogP contribution in [-0.4, -0.2) is 15.5 Å². The Kier molecular flexibility index (Phi) is 4.79. The van der Waals surface area contributed by atoms with E-state index in [1.807, 2.05) is 71.8 Å². The van der Waals surface area contributed by atoms with Crippen molar-refractivity contribution in [3.63, 3.8) is 0 Å². The van der Waals surface area contributed by atoms with E-state index in [-0.39, 0.29) is 17.9 Å². The molecule has 0 bridgehead atoms. The van der Waals surface area contributed by atoms with Crippen molar-refractivity contribution in [3.05, 3.63) is 119 Å². The summed E-state index contributed by atoms with van der Waals surface area (Å²) in [6.45, 7) is 2.13. The van der Waals surface area contributed by atoms with Crippen LogP contribution < -0.4 is 5.32 Å². The van der Waals surface area contributed by atoms with Gasteiger partial charge < -0.3 is 14.8 Å². The number of benzene rings is 3. The van der Waals surface area contributed by atoms with Gasteiger partial charge in [0.15, 0.2) is 0 Å². The zero-order chi connectivity index (χ0) is 21.4. The Balaban J connectivity index is 1.61. The van der Waals surface area contributed by atoms with Crippen LogP contribution in [0.5, 0.6) is 0 Å². The number of amides is 2. The van der Waals surface area contributed by atoms with E-state index >= 15 is 0 Å². The first-order valence-corrected chi connectivity index (χ1v) is 10.3. The Bertz CT molecular complexity index is 1250. The Hall–Kier alpha value is -3.86. The van der Waals surface area contributed by atoms with Crippen molar-refractivity contribution in [2.45, 2.75) is 19.5 Å². The Morgan fingerprint density at radius 2 is 1.74 bits per heavy atom. The van der Waals surface area contributed by atoms with Crippen LogP contribution in [0.25, 0.3) is 5.69 Å². The van der Waals surface area contributed by atoms with Crippen LogP contribution in [-0.2, 0) is 6.54 Å². The van der Waals surface area contributed by atoms with Gasteiger partial charge in [-0.2, -0.15) is 0 Å². The van der Waals surface area contributed by atoms with Gasteiger partial charge in [-0.3, -0.25) is 0 Å². The topological polar surface area (TPSA) is 37.3 Å². The summed E-state index contributed by atoms with van der Waals surface area (Å²) in [6, 6.07) is 26.3. The molecule has 1 atom stereocenters. The first kappa shape index (κ1) is 19.1. The van der Waals surface area contributed by atoms with Gasteiger partial charge in [-0.1, -0.05) is 54.6 Å². The van der Waals surface area contributed by atoms with Gasteiger partial charge in [-0.15, -0.1) is 0 Å². The maximum Gasteiger partial charge on any atom is 0.322 e. The summed E-state index contributed by atoms with van der Waals surface area (Å²) in [6.07, 6.45) is 2.03. The number of carbonyl (C=O) groups excluding carboxylic acids is 1. The highest BCUT2D eigenvalue weighted by Gasteiger charge is 2.32. The lowest BCUT2D eigenvalue weighted by atomic mass is 10.0. The largest absolute Gasteiger partial charge is 0.322 e. The van der Waals surface area contributed by atoms with Crippen LogP contribution in [0.4, 0.5) is 14.9 Å². The van der Waals surface area contributed by atoms with E-state index in [2.05, 4.69) is 16.0 Å². The van der Waals surface area contributed by atoms with E-state index in [4.69, 9.17) is 0 Å². The molecule has 1 aliphatic heterocycles. The number of hydrogen-bond acceptors (Lipinski definition) is 1. The second kappa shape index (κ2) is 7.76. The summed E-state index contributed by atoms with van der Waals surface area (Å²) in [4.78, 5) is 15.3. The average Bonchev–Trinajstić information content (AvgIpc) is 3.21. The van der Waals surface area contributed by atoms with Gasteiger partial charge in [0.25, 0.3) is 0 Å². The molecule has 31 heavy (non-hydrogen) atoms. The molecule has 0 fully saturated rings. The molecule has 154 valence electrons. The van der Waals surface area contributed by atoms with Crippen molar-refractivity contribution in [2.24, 2.45) is 0 Å². The number of nitrogens with zero attached hydrogens (tertiary/aromatic N) is 2. The van der Waals surface area contributed by atoms with Crippen molar-refractivity contribution in [1.29, 1.82) is 0 Å². The van der Waals surface area contributed by atoms with Crippen molar-refractivity contribution in [2.75, 3.05) is 5.32 Å². The SMILES string of the molecule is Cc1ccc(NC(=O)N2Cc3ccccc3-n3cccc3C2c2ccccc2)cc1F. The summed E-state index contributed by atoms with van der Waals surface area (Å²) in [7, 11) is 0. The number of urea groups is 1. The molecular weight excluding hydrogens is 389 g/mol. The van der Waals surface area contributed by atoms with Gasteiger partial charge in [0.2, 0.25) is 0 Å². The maximum absolute atomic E-state index is 14.1. The Morgan fingerprint density at radius 1 is 0.968 bits per heavy atom. The third kappa shape index (κ3) is 3.48. The number of aromatic nitrogens is 1. The highest BCUT2D eigenvalue weighted by Crippen LogP contribution is 2.36. The molecule has 1 N–H and O–H groups in total. The van der Waals surface area contributed by atoms with E-state index in [9.17, 15) is 9.18 Å². The number of para-hydroxylation sites is 1. The smallest absolute Gasteiger partial charge is 0.318 e. The molecular formula is C26H22FN3O. The van der Waals surface area contributed by atoms with E-state index in [1.165, 1.54) is 6.07 Å². The van der Waals surface area contributed by atoms with Gasteiger partial charge in [-0.05, 0) is 53.9 Å². The van der Waals surface area contributed by atoms with Crippen LogP contribution in [0, 0.1) is 12.7 Å². The first-order chi connectivity index (χ1) is 15.1. The van der Waals surface area contributed by atoms with Crippen molar-refractivity contribution >= 4 is 11.7 Å². The number of fused-ring (bicyclic) bond motifs is 3. The molecule has 1 aromatic heterocycles. The van der Waals surface area contributed by atoms with Gasteiger partial charge in [0.05, 0.1) is 18.3 Å². The van der Waals surface area contributed by atoms with Crippen LogP contribution in [0.15, 0.2) is 91.1 Å². The van der Waals surface area contributed by atoms with Crippen LogP contribution in [0.2, 0.25) is 0 Å². The number of hydrogen-bond donors (Lipinski definition) is 1. The molecule has 0 spiro atoms. The predicted molar refractivity (Wildman–Crippen MR) is 120 cm³/mol. The number of carbonyl (C=O) groups is 1. The summed E-state index contributed by atoms with van der Waals surface area (Å²) < 4.78 is 16.2. The lowest BCUT2D eigenvalue weighted by Crippen LogP contribution is -2.37. The zero-order valence-corrected chi connectivity index (χ0v) is 17.1. The standard InChI is InChI=1S/C26H22FN3O/c1-18-13-14-21(16-22(18)27)28-26(31)30-17-20-10-5-6-11-23(20)29-15-7-12-24(29)25(30)19-8-3-2-4-9-19/h2-16,25H,17H2,1H3,(H,28,31). The number of halogens is 1. The van der Waals surface area contributed by atoms with Crippen LogP contribution in [0.3, 0.4) is 0 Å². The van der Waals surface area contributed by atoms with E-state index in [0.29, 0.717) is 17.8 Å². The van der Waals surface area contributed by atoms with Crippen LogP contribution >= 0.6 is 0 Å². The molecule has 0 saturated heterocycles. The van der Waals surface area contributed by atoms with Gasteiger partial charge >= 0.3 is 6.03 Å². The molecule has 5 heteroatoms. The second-order valence-electron chi connectivity index (χ2n) is 7.77. The minimum Gasteiger partial charge on any atom is -0.318 e. The highest BCUT2D eigenvalue weighted by molar-refractivity contribution is 5.90. The molecule has 4 nitrogen and oxygen atoms in total. The molecule has 3 aromatic carbocycles. The van der Waals surface area contributed by atoms with Gasteiger partial charge in [-0.25, -0.2) is 9.18 Å². The second-order valence-corrected chi connectivity index (χ2v) is 7.77. The fourth-order valence-corrected chi connectivity index (χ4v) is 4.19. The summed E-state index contributed by atoms with van der Waals surface area (Å²) in [5, 5.41) is 2.90. The van der Waals surface area contributed by atoms with Gasteiger partial charge in [0.1, 0.15) is 5.82 Å². The molecule has 2 heterocycles. The predicted octanol–water partition coefficient (Wildman–Crippen LogP) is 6.06. The lowest BCUT2D eigenvalue weighted by Gasteiger charge is -2.31. The highest BCUT2D eigenvalue weighted by atomic mass is 19.1. The molecule has 0 saturated carbocycles. The minimum atomic E-state index is -0.340. The number of aryl methyl sites for hydroxylation is 1. The quantitative estimate of drug-likeness (QED) is 0.428. The summed E-state index contributed by atoms with van der Waals surface area (Å²) in [5.74, 6) is -0.340. The maximum atomic E-state index is 14.1. The zero-order valence-electron chi connectivity index (χ0n) is 17.1. The molecule has 4 aromatic rings. The summed E-state index contributed by atoms with van der Waals surface area (Å²) in [5.41, 5.74) is 5.10. The number of anilines is 1. The third-order valence-electron chi connectivity index (χ3n) is 5.76. The molecule has 1 aliphatic rings. The molecule has 2 amide bonds. The normalized spacial score (nSPS) is 15.0. The van der Waals surface area contributed by atoms with Crippen LogP contribution in [0.1, 0.15) is 28.4 Å². The van der Waals surface area contributed by atoms with Crippen molar-refractivity contribution < 1.29 is 9.18 Å². The third-order valence-corrected chi connectivity index (χ3v) is 5.76. The summed E-state index contributed by atoms with van der Waals surface area (Å²) >= 11 is 0. The van der Waals surface area contributed by atoms with E-state index < -0.39 is 0 Å². The number of nitrogens with one attached hydrogen (secondary N) is 1. The van der Waals surface area contributed by atoms with Crippen molar-refractivity contribution in [3.8, 4) is 5.69 Å². The monoisotopic (exact) mass is 411 g/mol. The van der Waals surface area contributed by atoms with E-state index in [1.54, 1.807) is 19.1 Å². The minimum absolute atomic E-state index is 0.276. The van der Waals surface area contributed by atoms with Gasteiger partial charge in [0, 0.05) is 17.6 Å². The molecule has 0 radical (unpaired) electrons. The Morgan fingerprint density at radius 3 is 2.55 bits per heavy atom. The van der Waals surface area contributed by atoms with Crippen molar-refractivity contribution in [1.82, 2.24) is 9.47 Å². The molecule has 5 rings (SSSR count). The fraction of sp³-hybridized carbons (Fsp3) is 0.115. The lowest BCUT2D eigenvalue weighted by molar-refractivity contribution is 0.194. The first-order valence-electron chi connectivity index (χ1n) is 10.3. The average molecular weight is 411 g/mol. The number of rotatable bonds is 2. The fourth-order valence-electron chi connectivity index (χ4n) is 4.19.